The van der Waals surface area contributed by atoms with E-state index < -0.39 is 12.0 Å². The summed E-state index contributed by atoms with van der Waals surface area (Å²) in [6.45, 7) is 0. The SMILES string of the molecule is COc1cccc(C(=O)N2[C@@H](C(=O)[O-])CS[C@H]2C2CCCCC2)c1. The lowest BCUT2D eigenvalue weighted by molar-refractivity contribution is -0.310. The Labute approximate surface area is 146 Å². The van der Waals surface area contributed by atoms with Crippen molar-refractivity contribution in [1.29, 1.82) is 0 Å². The zero-order chi connectivity index (χ0) is 17.1. The Morgan fingerprint density at radius 1 is 1.25 bits per heavy atom. The molecule has 1 aliphatic heterocycles. The molecule has 1 aromatic carbocycles. The molecule has 1 saturated heterocycles. The van der Waals surface area contributed by atoms with Gasteiger partial charge in [0, 0.05) is 11.3 Å². The molecule has 0 radical (unpaired) electrons. The summed E-state index contributed by atoms with van der Waals surface area (Å²) in [6, 6.07) is 6.03. The monoisotopic (exact) mass is 348 g/mol. The van der Waals surface area contributed by atoms with Crippen LogP contribution in [0.1, 0.15) is 42.5 Å². The van der Waals surface area contributed by atoms with Gasteiger partial charge in [-0.2, -0.15) is 0 Å². The first-order valence-electron chi connectivity index (χ1n) is 8.41. The summed E-state index contributed by atoms with van der Waals surface area (Å²) in [7, 11) is 1.55. The fourth-order valence-electron chi connectivity index (χ4n) is 3.65. The molecule has 1 heterocycles. The van der Waals surface area contributed by atoms with E-state index in [-0.39, 0.29) is 11.3 Å². The number of carboxylic acids is 1. The van der Waals surface area contributed by atoms with Crippen molar-refractivity contribution >= 4 is 23.6 Å². The third-order valence-corrected chi connectivity index (χ3v) is 6.37. The third-order valence-electron chi connectivity index (χ3n) is 4.91. The number of carbonyl (C=O) groups excluding carboxylic acids is 2. The first-order valence-corrected chi connectivity index (χ1v) is 9.46. The van der Waals surface area contributed by atoms with Gasteiger partial charge in [0.25, 0.3) is 5.91 Å². The smallest absolute Gasteiger partial charge is 0.255 e. The summed E-state index contributed by atoms with van der Waals surface area (Å²) < 4.78 is 5.18. The lowest BCUT2D eigenvalue weighted by Crippen LogP contribution is -2.52. The second-order valence-electron chi connectivity index (χ2n) is 6.40. The Morgan fingerprint density at radius 2 is 2.00 bits per heavy atom. The van der Waals surface area contributed by atoms with Crippen LogP contribution in [0.25, 0.3) is 0 Å². The molecule has 0 N–H and O–H groups in total. The first-order chi connectivity index (χ1) is 11.6. The van der Waals surface area contributed by atoms with Crippen LogP contribution in [0.15, 0.2) is 24.3 Å². The Morgan fingerprint density at radius 3 is 2.67 bits per heavy atom. The molecule has 1 aromatic rings. The Balaban J connectivity index is 1.88. The van der Waals surface area contributed by atoms with E-state index in [2.05, 4.69) is 0 Å². The topological polar surface area (TPSA) is 69.7 Å². The van der Waals surface area contributed by atoms with Crippen molar-refractivity contribution in [3.63, 3.8) is 0 Å². The second-order valence-corrected chi connectivity index (χ2v) is 7.55. The number of nitrogens with zero attached hydrogens (tertiary/aromatic N) is 1. The predicted molar refractivity (Wildman–Crippen MR) is 90.8 cm³/mol. The van der Waals surface area contributed by atoms with Crippen LogP contribution in [0.3, 0.4) is 0 Å². The summed E-state index contributed by atoms with van der Waals surface area (Å²) >= 11 is 1.58. The molecule has 1 amide bonds. The molecule has 0 bridgehead atoms. The number of thioether (sulfide) groups is 1. The molecule has 24 heavy (non-hydrogen) atoms. The van der Waals surface area contributed by atoms with Gasteiger partial charge in [0.1, 0.15) is 5.75 Å². The molecule has 2 fully saturated rings. The molecule has 0 aromatic heterocycles. The molecule has 1 aliphatic carbocycles. The van der Waals surface area contributed by atoms with Crippen LogP contribution in [0.2, 0.25) is 0 Å². The highest BCUT2D eigenvalue weighted by atomic mass is 32.2. The fourth-order valence-corrected chi connectivity index (χ4v) is 5.28. The van der Waals surface area contributed by atoms with Gasteiger partial charge in [-0.15, -0.1) is 11.8 Å². The number of benzene rings is 1. The number of rotatable bonds is 4. The minimum absolute atomic E-state index is 0.0769. The maximum Gasteiger partial charge on any atom is 0.255 e. The van der Waals surface area contributed by atoms with Gasteiger partial charge in [-0.25, -0.2) is 0 Å². The molecule has 1 saturated carbocycles. The second kappa shape index (κ2) is 7.47. The molecule has 0 unspecified atom stereocenters. The molecular weight excluding hydrogens is 326 g/mol. The van der Waals surface area contributed by atoms with E-state index in [1.54, 1.807) is 48.0 Å². The first kappa shape index (κ1) is 17.1. The van der Waals surface area contributed by atoms with Crippen LogP contribution in [0.4, 0.5) is 0 Å². The van der Waals surface area contributed by atoms with E-state index in [4.69, 9.17) is 4.74 Å². The van der Waals surface area contributed by atoms with Crippen molar-refractivity contribution in [2.45, 2.75) is 43.5 Å². The molecule has 3 rings (SSSR count). The molecular formula is C18H22NO4S-. The fraction of sp³-hybridized carbons (Fsp3) is 0.556. The van der Waals surface area contributed by atoms with E-state index in [0.29, 0.717) is 23.0 Å². The van der Waals surface area contributed by atoms with Gasteiger partial charge in [-0.05, 0) is 37.0 Å². The van der Waals surface area contributed by atoms with Gasteiger partial charge in [-0.1, -0.05) is 25.3 Å². The van der Waals surface area contributed by atoms with Gasteiger partial charge in [-0.3, -0.25) is 4.79 Å². The van der Waals surface area contributed by atoms with Crippen LogP contribution >= 0.6 is 11.8 Å². The Hall–Kier alpha value is -1.69. The van der Waals surface area contributed by atoms with Crippen molar-refractivity contribution in [3.05, 3.63) is 29.8 Å². The quantitative estimate of drug-likeness (QED) is 0.831. The Kier molecular flexibility index (Phi) is 5.33. The maximum absolute atomic E-state index is 13.0. The Bertz CT molecular complexity index is 615. The summed E-state index contributed by atoms with van der Waals surface area (Å²) in [5.41, 5.74) is 0.462. The number of methoxy groups -OCH3 is 1. The maximum atomic E-state index is 13.0. The summed E-state index contributed by atoms with van der Waals surface area (Å²) in [4.78, 5) is 26.2. The van der Waals surface area contributed by atoms with Crippen LogP contribution in [-0.2, 0) is 4.79 Å². The van der Waals surface area contributed by atoms with Crippen LogP contribution in [0.5, 0.6) is 5.75 Å². The van der Waals surface area contributed by atoms with Gasteiger partial charge in [0.2, 0.25) is 0 Å². The number of carbonyl (C=O) groups is 2. The van der Waals surface area contributed by atoms with Crippen molar-refractivity contribution in [2.24, 2.45) is 5.92 Å². The summed E-state index contributed by atoms with van der Waals surface area (Å²) in [6.07, 6.45) is 5.64. The molecule has 130 valence electrons. The highest BCUT2D eigenvalue weighted by molar-refractivity contribution is 8.00. The lowest BCUT2D eigenvalue weighted by Gasteiger charge is -2.36. The van der Waals surface area contributed by atoms with E-state index in [1.165, 1.54) is 6.42 Å². The number of ether oxygens (including phenoxy) is 1. The molecule has 2 aliphatic rings. The largest absolute Gasteiger partial charge is 0.548 e. The van der Waals surface area contributed by atoms with Gasteiger partial charge >= 0.3 is 0 Å². The minimum atomic E-state index is -1.17. The highest BCUT2D eigenvalue weighted by Crippen LogP contribution is 2.41. The molecule has 0 spiro atoms. The number of amides is 1. The summed E-state index contributed by atoms with van der Waals surface area (Å²) in [5, 5.41) is 11.5. The van der Waals surface area contributed by atoms with Crippen LogP contribution in [0, 0.1) is 5.92 Å². The summed E-state index contributed by atoms with van der Waals surface area (Å²) in [5.74, 6) is -0.0607. The molecule has 5 nitrogen and oxygen atoms in total. The highest BCUT2D eigenvalue weighted by Gasteiger charge is 2.42. The molecule has 6 heteroatoms. The average molecular weight is 348 g/mol. The number of carboxylic acid groups (broad SMARTS) is 1. The van der Waals surface area contributed by atoms with Gasteiger partial charge < -0.3 is 19.5 Å². The van der Waals surface area contributed by atoms with E-state index in [0.717, 1.165) is 25.7 Å². The third kappa shape index (κ3) is 3.38. The minimum Gasteiger partial charge on any atom is -0.548 e. The van der Waals surface area contributed by atoms with Crippen molar-refractivity contribution < 1.29 is 19.4 Å². The zero-order valence-corrected chi connectivity index (χ0v) is 14.6. The zero-order valence-electron chi connectivity index (χ0n) is 13.8. The van der Waals surface area contributed by atoms with E-state index in [1.807, 2.05) is 0 Å². The lowest BCUT2D eigenvalue weighted by atomic mass is 9.88. The van der Waals surface area contributed by atoms with Crippen LogP contribution < -0.4 is 9.84 Å². The number of aliphatic carboxylic acids is 1. The van der Waals surface area contributed by atoms with Crippen molar-refractivity contribution in [1.82, 2.24) is 4.90 Å². The average Bonchev–Trinajstić information content (AvgIpc) is 3.07. The van der Waals surface area contributed by atoms with Crippen LogP contribution in [-0.4, -0.2) is 41.1 Å². The number of hydrogen-bond donors (Lipinski definition) is 0. The van der Waals surface area contributed by atoms with Gasteiger partial charge in [0.15, 0.2) is 0 Å². The van der Waals surface area contributed by atoms with E-state index in [9.17, 15) is 14.7 Å². The predicted octanol–water partition coefficient (Wildman–Crippen LogP) is 1.91. The molecule has 2 atom stereocenters. The van der Waals surface area contributed by atoms with Crippen molar-refractivity contribution in [2.75, 3.05) is 12.9 Å². The van der Waals surface area contributed by atoms with Crippen molar-refractivity contribution in [3.8, 4) is 5.75 Å². The normalized spacial score (nSPS) is 24.8. The van der Waals surface area contributed by atoms with E-state index >= 15 is 0 Å². The van der Waals surface area contributed by atoms with Gasteiger partial charge in [0.05, 0.1) is 24.5 Å². The number of hydrogen-bond acceptors (Lipinski definition) is 5. The standard InChI is InChI=1S/C18H23NO4S/c1-23-14-9-5-8-13(10-14)16(20)19-15(18(21)22)11-24-17(19)12-6-3-2-4-7-12/h5,8-10,12,15,17H,2-4,6-7,11H2,1H3,(H,21,22)/p-1/t15-,17+/m1/s1.